The summed E-state index contributed by atoms with van der Waals surface area (Å²) in [6.45, 7) is 2.98. The fourth-order valence-corrected chi connectivity index (χ4v) is 3.54. The van der Waals surface area contributed by atoms with Crippen LogP contribution >= 0.6 is 0 Å². The molecule has 4 rings (SSSR count). The van der Waals surface area contributed by atoms with Gasteiger partial charge in [0.15, 0.2) is 5.82 Å². The number of amides is 1. The van der Waals surface area contributed by atoms with Crippen LogP contribution in [0.4, 0.5) is 4.39 Å². The van der Waals surface area contributed by atoms with Crippen LogP contribution < -0.4 is 9.47 Å². The SMILES string of the molecule is COc1cc(OC)cc(C(=O)N2CCN(Cc3nnnn3-c3cccc(F)c3)CC2)c1. The van der Waals surface area contributed by atoms with E-state index in [0.29, 0.717) is 61.3 Å². The van der Waals surface area contributed by atoms with E-state index in [1.54, 1.807) is 49.5 Å². The van der Waals surface area contributed by atoms with Crippen LogP contribution in [0.2, 0.25) is 0 Å². The first-order valence-electron chi connectivity index (χ1n) is 9.85. The van der Waals surface area contributed by atoms with Gasteiger partial charge in [0.1, 0.15) is 17.3 Å². The normalized spacial score (nSPS) is 14.5. The molecule has 1 aromatic heterocycles. The summed E-state index contributed by atoms with van der Waals surface area (Å²) in [7, 11) is 3.11. The highest BCUT2D eigenvalue weighted by atomic mass is 19.1. The average Bonchev–Trinajstić information content (AvgIpc) is 3.26. The van der Waals surface area contributed by atoms with Gasteiger partial charge in [0.2, 0.25) is 0 Å². The van der Waals surface area contributed by atoms with Crippen LogP contribution in [0.15, 0.2) is 42.5 Å². The standard InChI is InChI=1S/C21H23FN6O3/c1-30-18-10-15(11-19(13-18)31-2)21(29)27-8-6-26(7-9-27)14-20-23-24-25-28(20)17-5-3-4-16(22)12-17/h3-5,10-13H,6-9,14H2,1-2H3. The predicted octanol–water partition coefficient (Wildman–Crippen LogP) is 1.78. The molecule has 0 spiro atoms. The van der Waals surface area contributed by atoms with Crippen LogP contribution in [-0.2, 0) is 6.54 Å². The molecular weight excluding hydrogens is 403 g/mol. The second-order valence-corrected chi connectivity index (χ2v) is 7.16. The Morgan fingerprint density at radius 3 is 2.39 bits per heavy atom. The largest absolute Gasteiger partial charge is 0.497 e. The second-order valence-electron chi connectivity index (χ2n) is 7.16. The quantitative estimate of drug-likeness (QED) is 0.594. The first kappa shape index (κ1) is 20.7. The zero-order valence-corrected chi connectivity index (χ0v) is 17.4. The second kappa shape index (κ2) is 9.09. The lowest BCUT2D eigenvalue weighted by Gasteiger charge is -2.34. The predicted molar refractivity (Wildman–Crippen MR) is 110 cm³/mol. The van der Waals surface area contributed by atoms with Crippen molar-refractivity contribution in [3.05, 3.63) is 59.7 Å². The fraction of sp³-hybridized carbons (Fsp3) is 0.333. The fourth-order valence-electron chi connectivity index (χ4n) is 3.54. The van der Waals surface area contributed by atoms with E-state index in [1.807, 2.05) is 0 Å². The van der Waals surface area contributed by atoms with Crippen molar-refractivity contribution in [2.75, 3.05) is 40.4 Å². The number of piperazine rings is 1. The van der Waals surface area contributed by atoms with Crippen LogP contribution in [0.5, 0.6) is 11.5 Å². The highest BCUT2D eigenvalue weighted by molar-refractivity contribution is 5.95. The van der Waals surface area contributed by atoms with Gasteiger partial charge in [-0.05, 0) is 40.8 Å². The minimum Gasteiger partial charge on any atom is -0.497 e. The van der Waals surface area contributed by atoms with Gasteiger partial charge in [0.25, 0.3) is 5.91 Å². The van der Waals surface area contributed by atoms with Crippen molar-refractivity contribution < 1.29 is 18.7 Å². The molecule has 0 atom stereocenters. The van der Waals surface area contributed by atoms with Crippen LogP contribution in [0.25, 0.3) is 5.69 Å². The number of hydrogen-bond donors (Lipinski definition) is 0. The summed E-state index contributed by atoms with van der Waals surface area (Å²) in [5, 5.41) is 11.8. The molecule has 1 aliphatic rings. The summed E-state index contributed by atoms with van der Waals surface area (Å²) in [6, 6.07) is 11.3. The Balaban J connectivity index is 1.40. The smallest absolute Gasteiger partial charge is 0.254 e. The molecule has 2 aromatic carbocycles. The van der Waals surface area contributed by atoms with E-state index in [0.717, 1.165) is 0 Å². The molecule has 0 radical (unpaired) electrons. The highest BCUT2D eigenvalue weighted by Crippen LogP contribution is 2.24. The Morgan fingerprint density at radius 1 is 1.03 bits per heavy atom. The first-order chi connectivity index (χ1) is 15.1. The summed E-state index contributed by atoms with van der Waals surface area (Å²) in [5.41, 5.74) is 1.10. The van der Waals surface area contributed by atoms with E-state index in [1.165, 1.54) is 16.8 Å². The van der Waals surface area contributed by atoms with Crippen molar-refractivity contribution in [1.82, 2.24) is 30.0 Å². The minimum absolute atomic E-state index is 0.0681. The van der Waals surface area contributed by atoms with E-state index in [-0.39, 0.29) is 11.7 Å². The van der Waals surface area contributed by atoms with Gasteiger partial charge in [-0.2, -0.15) is 4.68 Å². The maximum Gasteiger partial charge on any atom is 0.254 e. The number of aromatic nitrogens is 4. The van der Waals surface area contributed by atoms with Gasteiger partial charge in [0.05, 0.1) is 26.5 Å². The van der Waals surface area contributed by atoms with Crippen LogP contribution in [0, 0.1) is 5.82 Å². The third kappa shape index (κ3) is 4.64. The number of methoxy groups -OCH3 is 2. The molecule has 1 aliphatic heterocycles. The molecule has 0 aliphatic carbocycles. The highest BCUT2D eigenvalue weighted by Gasteiger charge is 2.24. The van der Waals surface area contributed by atoms with Crippen molar-refractivity contribution in [2.45, 2.75) is 6.54 Å². The molecule has 162 valence electrons. The van der Waals surface area contributed by atoms with Gasteiger partial charge < -0.3 is 14.4 Å². The minimum atomic E-state index is -0.347. The monoisotopic (exact) mass is 426 g/mol. The van der Waals surface area contributed by atoms with E-state index < -0.39 is 0 Å². The number of nitrogens with zero attached hydrogens (tertiary/aromatic N) is 6. The van der Waals surface area contributed by atoms with E-state index >= 15 is 0 Å². The maximum atomic E-state index is 13.6. The molecule has 10 heteroatoms. The zero-order chi connectivity index (χ0) is 21.8. The molecule has 31 heavy (non-hydrogen) atoms. The molecular formula is C21H23FN6O3. The van der Waals surface area contributed by atoms with Gasteiger partial charge in [-0.25, -0.2) is 4.39 Å². The zero-order valence-electron chi connectivity index (χ0n) is 17.4. The van der Waals surface area contributed by atoms with Crippen molar-refractivity contribution in [3.63, 3.8) is 0 Å². The van der Waals surface area contributed by atoms with Gasteiger partial charge in [-0.15, -0.1) is 5.10 Å². The summed E-state index contributed by atoms with van der Waals surface area (Å²) >= 11 is 0. The summed E-state index contributed by atoms with van der Waals surface area (Å²) < 4.78 is 25.6. The molecule has 1 fully saturated rings. The van der Waals surface area contributed by atoms with Gasteiger partial charge in [-0.1, -0.05) is 6.07 Å². The maximum absolute atomic E-state index is 13.6. The first-order valence-corrected chi connectivity index (χ1v) is 9.85. The number of rotatable bonds is 6. The number of carbonyl (C=O) groups is 1. The molecule has 0 saturated carbocycles. The summed E-state index contributed by atoms with van der Waals surface area (Å²) in [4.78, 5) is 16.9. The molecule has 3 aromatic rings. The Hall–Kier alpha value is -3.53. The molecule has 0 N–H and O–H groups in total. The van der Waals surface area contributed by atoms with Gasteiger partial charge >= 0.3 is 0 Å². The van der Waals surface area contributed by atoms with Gasteiger partial charge in [-0.3, -0.25) is 9.69 Å². The topological polar surface area (TPSA) is 85.6 Å². The van der Waals surface area contributed by atoms with Crippen molar-refractivity contribution in [2.24, 2.45) is 0 Å². The third-order valence-corrected chi connectivity index (χ3v) is 5.21. The lowest BCUT2D eigenvalue weighted by atomic mass is 10.1. The molecule has 2 heterocycles. The van der Waals surface area contributed by atoms with Crippen molar-refractivity contribution in [3.8, 4) is 17.2 Å². The van der Waals surface area contributed by atoms with E-state index in [2.05, 4.69) is 20.4 Å². The number of ether oxygens (including phenoxy) is 2. The van der Waals surface area contributed by atoms with Crippen molar-refractivity contribution >= 4 is 5.91 Å². The number of tetrazole rings is 1. The van der Waals surface area contributed by atoms with E-state index in [4.69, 9.17) is 9.47 Å². The number of halogens is 1. The average molecular weight is 426 g/mol. The molecule has 0 bridgehead atoms. The Labute approximate surface area is 179 Å². The Bertz CT molecular complexity index is 1040. The lowest BCUT2D eigenvalue weighted by Crippen LogP contribution is -2.48. The number of hydrogen-bond acceptors (Lipinski definition) is 7. The summed E-state index contributed by atoms with van der Waals surface area (Å²) in [5.74, 6) is 1.35. The number of benzene rings is 2. The molecule has 9 nitrogen and oxygen atoms in total. The van der Waals surface area contributed by atoms with Crippen molar-refractivity contribution in [1.29, 1.82) is 0 Å². The molecule has 1 saturated heterocycles. The van der Waals surface area contributed by atoms with Crippen LogP contribution in [0.3, 0.4) is 0 Å². The molecule has 1 amide bonds. The molecule has 0 unspecified atom stereocenters. The van der Waals surface area contributed by atoms with Crippen LogP contribution in [-0.4, -0.2) is 76.3 Å². The van der Waals surface area contributed by atoms with Gasteiger partial charge in [0, 0.05) is 37.8 Å². The Kier molecular flexibility index (Phi) is 6.08. The Morgan fingerprint density at radius 2 is 1.74 bits per heavy atom. The summed E-state index contributed by atoms with van der Waals surface area (Å²) in [6.07, 6.45) is 0. The van der Waals surface area contributed by atoms with E-state index in [9.17, 15) is 9.18 Å². The number of carbonyl (C=O) groups excluding carboxylic acids is 1. The lowest BCUT2D eigenvalue weighted by molar-refractivity contribution is 0.0624. The third-order valence-electron chi connectivity index (χ3n) is 5.21. The van der Waals surface area contributed by atoms with Crippen LogP contribution in [0.1, 0.15) is 16.2 Å².